The Morgan fingerprint density at radius 3 is 2.78 bits per heavy atom. The van der Waals surface area contributed by atoms with E-state index in [1.54, 1.807) is 0 Å². The summed E-state index contributed by atoms with van der Waals surface area (Å²) in [6, 6.07) is -0.792. The molecule has 0 saturated carbocycles. The fraction of sp³-hybridized carbons (Fsp3) is 0.600. The second-order valence-electron chi connectivity index (χ2n) is 4.29. The fourth-order valence-corrected chi connectivity index (χ4v) is 1.93. The molecule has 0 amide bonds. The van der Waals surface area contributed by atoms with E-state index in [4.69, 9.17) is 15.6 Å². The number of aromatic amines is 1. The number of rotatable bonds is 2. The van der Waals surface area contributed by atoms with Gasteiger partial charge in [-0.2, -0.15) is 0 Å². The number of aliphatic hydroxyl groups excluding tert-OH is 2. The van der Waals surface area contributed by atoms with Crippen LogP contribution in [0.25, 0.3) is 0 Å². The summed E-state index contributed by atoms with van der Waals surface area (Å²) >= 11 is 0. The van der Waals surface area contributed by atoms with Gasteiger partial charge in [0.15, 0.2) is 6.23 Å². The molecule has 2 heterocycles. The summed E-state index contributed by atoms with van der Waals surface area (Å²) < 4.78 is 6.38. The van der Waals surface area contributed by atoms with Gasteiger partial charge in [0.05, 0.1) is 12.6 Å². The number of nitrogens with zero attached hydrogens (tertiary/aromatic N) is 1. The Bertz CT molecular complexity index is 551. The van der Waals surface area contributed by atoms with Crippen LogP contribution < -0.4 is 17.0 Å². The van der Waals surface area contributed by atoms with Crippen LogP contribution in [0, 0.1) is 6.92 Å². The molecule has 0 spiro atoms. The lowest BCUT2D eigenvalue weighted by Crippen LogP contribution is -2.42. The summed E-state index contributed by atoms with van der Waals surface area (Å²) in [6.45, 7) is 1.17. The number of nitrogens with one attached hydrogen (secondary N) is 1. The minimum atomic E-state index is -1.13. The largest absolute Gasteiger partial charge is 0.394 e. The Labute approximate surface area is 102 Å². The van der Waals surface area contributed by atoms with E-state index in [-0.39, 0.29) is 6.61 Å². The lowest BCUT2D eigenvalue weighted by atomic mass is 10.1. The van der Waals surface area contributed by atoms with Crippen molar-refractivity contribution in [2.75, 3.05) is 6.61 Å². The Morgan fingerprint density at radius 2 is 2.22 bits per heavy atom. The summed E-state index contributed by atoms with van der Waals surface area (Å²) in [5, 5.41) is 18.9. The van der Waals surface area contributed by atoms with E-state index in [0.717, 1.165) is 4.57 Å². The Balaban J connectivity index is 2.42. The van der Waals surface area contributed by atoms with Gasteiger partial charge in [0.25, 0.3) is 5.56 Å². The topological polar surface area (TPSA) is 131 Å². The summed E-state index contributed by atoms with van der Waals surface area (Å²) in [6.07, 6.45) is -1.60. The number of H-pyrrole nitrogens is 1. The van der Waals surface area contributed by atoms with Gasteiger partial charge in [-0.3, -0.25) is 14.3 Å². The lowest BCUT2D eigenvalue weighted by molar-refractivity contribution is -0.0532. The first-order valence-corrected chi connectivity index (χ1v) is 5.47. The summed E-state index contributed by atoms with van der Waals surface area (Å²) in [4.78, 5) is 25.0. The average Bonchev–Trinajstić information content (AvgIpc) is 2.61. The number of nitrogens with two attached hydrogens (primary N) is 1. The molecular formula is C10H15N3O5. The van der Waals surface area contributed by atoms with Crippen molar-refractivity contribution in [3.8, 4) is 0 Å². The molecule has 8 nitrogen and oxygen atoms in total. The van der Waals surface area contributed by atoms with E-state index in [1.165, 1.54) is 13.1 Å². The zero-order valence-corrected chi connectivity index (χ0v) is 9.74. The highest BCUT2D eigenvalue weighted by molar-refractivity contribution is 5.03. The predicted octanol–water partition coefficient (Wildman–Crippen LogP) is -2.58. The highest BCUT2D eigenvalue weighted by Crippen LogP contribution is 2.26. The van der Waals surface area contributed by atoms with Crippen molar-refractivity contribution in [3.05, 3.63) is 32.6 Å². The van der Waals surface area contributed by atoms with Gasteiger partial charge in [0, 0.05) is 11.8 Å². The Morgan fingerprint density at radius 1 is 1.56 bits per heavy atom. The van der Waals surface area contributed by atoms with Crippen LogP contribution >= 0.6 is 0 Å². The maximum atomic E-state index is 11.6. The summed E-state index contributed by atoms with van der Waals surface area (Å²) in [5.41, 5.74) is 4.78. The molecule has 2 rings (SSSR count). The van der Waals surface area contributed by atoms with E-state index in [9.17, 15) is 14.7 Å². The minimum Gasteiger partial charge on any atom is -0.394 e. The van der Waals surface area contributed by atoms with Gasteiger partial charge in [0.1, 0.15) is 12.2 Å². The van der Waals surface area contributed by atoms with Gasteiger partial charge in [-0.1, -0.05) is 0 Å². The first-order chi connectivity index (χ1) is 8.45. The molecule has 0 unspecified atom stereocenters. The smallest absolute Gasteiger partial charge is 0.330 e. The van der Waals surface area contributed by atoms with Crippen LogP contribution in [0.5, 0.6) is 0 Å². The van der Waals surface area contributed by atoms with Crippen molar-refractivity contribution in [2.24, 2.45) is 5.73 Å². The van der Waals surface area contributed by atoms with Gasteiger partial charge >= 0.3 is 5.69 Å². The van der Waals surface area contributed by atoms with Crippen LogP contribution in [-0.4, -0.2) is 44.6 Å². The number of hydrogen-bond donors (Lipinski definition) is 4. The van der Waals surface area contributed by atoms with Crippen molar-refractivity contribution in [1.82, 2.24) is 9.55 Å². The van der Waals surface area contributed by atoms with E-state index in [0.29, 0.717) is 5.56 Å². The van der Waals surface area contributed by atoms with E-state index in [1.807, 2.05) is 0 Å². The van der Waals surface area contributed by atoms with Crippen molar-refractivity contribution in [2.45, 2.75) is 31.4 Å². The Kier molecular flexibility index (Phi) is 3.35. The third-order valence-corrected chi connectivity index (χ3v) is 3.03. The van der Waals surface area contributed by atoms with Crippen molar-refractivity contribution >= 4 is 0 Å². The van der Waals surface area contributed by atoms with E-state index >= 15 is 0 Å². The van der Waals surface area contributed by atoms with Crippen LogP contribution in [-0.2, 0) is 4.74 Å². The molecule has 0 bridgehead atoms. The summed E-state index contributed by atoms with van der Waals surface area (Å²) in [5.74, 6) is 0. The molecule has 8 heteroatoms. The second kappa shape index (κ2) is 4.65. The molecule has 1 aliphatic rings. The van der Waals surface area contributed by atoms with E-state index in [2.05, 4.69) is 4.98 Å². The zero-order chi connectivity index (χ0) is 13.4. The van der Waals surface area contributed by atoms with Crippen LogP contribution in [0.1, 0.15) is 11.8 Å². The van der Waals surface area contributed by atoms with Gasteiger partial charge < -0.3 is 20.7 Å². The molecule has 0 radical (unpaired) electrons. The standard InChI is InChI=1S/C10H15N3O5/c1-4-2-13(10(17)12-8(4)16)9-7(15)6(11)5(3-14)18-9/h2,5-7,9,14-15H,3,11H2,1H3,(H,12,16,17)/t5-,6+,7+,9+/m0/s1. The summed E-state index contributed by atoms with van der Waals surface area (Å²) in [7, 11) is 0. The van der Waals surface area contributed by atoms with Crippen LogP contribution in [0.3, 0.4) is 0 Å². The molecule has 18 heavy (non-hydrogen) atoms. The van der Waals surface area contributed by atoms with Crippen molar-refractivity contribution in [1.29, 1.82) is 0 Å². The molecule has 1 fully saturated rings. The SMILES string of the molecule is Cc1cn([C@@H]2O[C@@H](CO)[C@@H](N)[C@H]2O)c(=O)[nH]c1=O. The van der Waals surface area contributed by atoms with Gasteiger partial charge in [-0.25, -0.2) is 4.79 Å². The van der Waals surface area contributed by atoms with Crippen molar-refractivity contribution < 1.29 is 14.9 Å². The maximum absolute atomic E-state index is 11.6. The number of ether oxygens (including phenoxy) is 1. The van der Waals surface area contributed by atoms with Crippen LogP contribution in [0.2, 0.25) is 0 Å². The highest BCUT2D eigenvalue weighted by atomic mass is 16.5. The molecule has 0 aliphatic carbocycles. The average molecular weight is 257 g/mol. The van der Waals surface area contributed by atoms with Gasteiger partial charge in [-0.05, 0) is 6.92 Å². The number of aromatic nitrogens is 2. The molecule has 1 aliphatic heterocycles. The molecule has 100 valence electrons. The molecule has 1 saturated heterocycles. The highest BCUT2D eigenvalue weighted by Gasteiger charge is 2.42. The minimum absolute atomic E-state index is 0.311. The molecule has 4 atom stereocenters. The van der Waals surface area contributed by atoms with Gasteiger partial charge in [0.2, 0.25) is 0 Å². The molecule has 0 aromatic carbocycles. The third kappa shape index (κ3) is 1.99. The molecular weight excluding hydrogens is 242 g/mol. The fourth-order valence-electron chi connectivity index (χ4n) is 1.93. The molecule has 1 aromatic heterocycles. The zero-order valence-electron chi connectivity index (χ0n) is 9.74. The van der Waals surface area contributed by atoms with Crippen molar-refractivity contribution in [3.63, 3.8) is 0 Å². The Hall–Kier alpha value is -1.48. The quantitative estimate of drug-likeness (QED) is 0.460. The normalized spacial score (nSPS) is 31.8. The number of aliphatic hydroxyl groups is 2. The number of aryl methyl sites for hydroxylation is 1. The monoisotopic (exact) mass is 257 g/mol. The third-order valence-electron chi connectivity index (χ3n) is 3.03. The lowest BCUT2D eigenvalue weighted by Gasteiger charge is -2.17. The number of hydrogen-bond acceptors (Lipinski definition) is 6. The molecule has 1 aromatic rings. The molecule has 5 N–H and O–H groups in total. The first-order valence-electron chi connectivity index (χ1n) is 5.47. The van der Waals surface area contributed by atoms with Crippen LogP contribution in [0.15, 0.2) is 15.8 Å². The maximum Gasteiger partial charge on any atom is 0.330 e. The first kappa shape index (κ1) is 13.0. The van der Waals surface area contributed by atoms with E-state index < -0.39 is 35.7 Å². The van der Waals surface area contributed by atoms with Crippen LogP contribution in [0.4, 0.5) is 0 Å². The second-order valence-corrected chi connectivity index (χ2v) is 4.29. The van der Waals surface area contributed by atoms with Gasteiger partial charge in [-0.15, -0.1) is 0 Å². The predicted molar refractivity (Wildman–Crippen MR) is 61.0 cm³/mol.